The van der Waals surface area contributed by atoms with Gasteiger partial charge in [0.05, 0.1) is 17.4 Å². The Hall–Kier alpha value is -3.80. The summed E-state index contributed by atoms with van der Waals surface area (Å²) in [5.74, 6) is -0.316. The van der Waals surface area contributed by atoms with E-state index in [1.54, 1.807) is 36.7 Å². The molecule has 3 N–H and O–H groups in total. The molecule has 0 spiro atoms. The van der Waals surface area contributed by atoms with Crippen LogP contribution in [0.2, 0.25) is 0 Å². The van der Waals surface area contributed by atoms with Crippen LogP contribution in [0.3, 0.4) is 0 Å². The second kappa shape index (κ2) is 6.84. The van der Waals surface area contributed by atoms with Crippen molar-refractivity contribution in [3.63, 3.8) is 0 Å². The first-order valence-electron chi connectivity index (χ1n) is 8.27. The van der Waals surface area contributed by atoms with Crippen molar-refractivity contribution < 1.29 is 9.18 Å². The van der Waals surface area contributed by atoms with Crippen molar-refractivity contribution in [1.29, 1.82) is 0 Å². The van der Waals surface area contributed by atoms with E-state index in [1.807, 2.05) is 18.2 Å². The maximum Gasteiger partial charge on any atom is 0.257 e. The van der Waals surface area contributed by atoms with Crippen LogP contribution in [0.4, 0.5) is 15.9 Å². The molecule has 2 heterocycles. The molecular weight excluding hydrogens is 343 g/mol. The molecule has 2 aromatic carbocycles. The number of nitrogen functional groups attached to an aromatic ring is 1. The van der Waals surface area contributed by atoms with Crippen LogP contribution >= 0.6 is 0 Å². The molecule has 0 aliphatic rings. The topological polar surface area (TPSA) is 80.9 Å². The molecule has 4 aromatic rings. The minimum Gasteiger partial charge on any atom is -0.383 e. The summed E-state index contributed by atoms with van der Waals surface area (Å²) in [6, 6.07) is 15.2. The van der Waals surface area contributed by atoms with Crippen molar-refractivity contribution in [2.75, 3.05) is 11.1 Å². The summed E-state index contributed by atoms with van der Waals surface area (Å²) in [5.41, 5.74) is 8.53. The third kappa shape index (κ3) is 3.32. The van der Waals surface area contributed by atoms with E-state index in [1.165, 1.54) is 18.3 Å². The van der Waals surface area contributed by atoms with Gasteiger partial charge in [0.15, 0.2) is 0 Å². The highest BCUT2D eigenvalue weighted by atomic mass is 19.1. The van der Waals surface area contributed by atoms with Gasteiger partial charge in [0.2, 0.25) is 0 Å². The molecule has 4 rings (SSSR count). The summed E-state index contributed by atoms with van der Waals surface area (Å²) in [4.78, 5) is 20.8. The number of carbonyl (C=O) groups excluding carboxylic acids is 1. The zero-order chi connectivity index (χ0) is 18.8. The third-order valence-corrected chi connectivity index (χ3v) is 4.24. The van der Waals surface area contributed by atoms with Crippen LogP contribution in [-0.2, 0) is 0 Å². The van der Waals surface area contributed by atoms with Gasteiger partial charge in [-0.2, -0.15) is 0 Å². The molecule has 0 atom stereocenters. The highest BCUT2D eigenvalue weighted by Gasteiger charge is 2.14. The highest BCUT2D eigenvalue weighted by Crippen LogP contribution is 2.29. The van der Waals surface area contributed by atoms with Crippen LogP contribution < -0.4 is 11.1 Å². The van der Waals surface area contributed by atoms with Crippen molar-refractivity contribution in [1.82, 2.24) is 9.97 Å². The van der Waals surface area contributed by atoms with E-state index in [0.29, 0.717) is 27.8 Å². The Labute approximate surface area is 154 Å². The zero-order valence-electron chi connectivity index (χ0n) is 14.2. The summed E-state index contributed by atoms with van der Waals surface area (Å²) in [7, 11) is 0. The number of hydrogen-bond acceptors (Lipinski definition) is 4. The fourth-order valence-corrected chi connectivity index (χ4v) is 2.93. The number of benzene rings is 2. The molecule has 0 radical (unpaired) electrons. The van der Waals surface area contributed by atoms with Gasteiger partial charge in [0.1, 0.15) is 11.6 Å². The average Bonchev–Trinajstić information content (AvgIpc) is 2.69. The zero-order valence-corrected chi connectivity index (χ0v) is 14.2. The maximum atomic E-state index is 13.5. The van der Waals surface area contributed by atoms with Gasteiger partial charge in [-0.3, -0.25) is 9.78 Å². The minimum absolute atomic E-state index is 0.306. The number of carbonyl (C=O) groups is 1. The van der Waals surface area contributed by atoms with E-state index in [9.17, 15) is 9.18 Å². The van der Waals surface area contributed by atoms with E-state index in [0.717, 1.165) is 11.1 Å². The average molecular weight is 358 g/mol. The lowest BCUT2D eigenvalue weighted by atomic mass is 9.99. The van der Waals surface area contributed by atoms with Gasteiger partial charge in [-0.15, -0.1) is 0 Å². The van der Waals surface area contributed by atoms with E-state index in [4.69, 9.17) is 5.73 Å². The summed E-state index contributed by atoms with van der Waals surface area (Å²) < 4.78 is 13.5. The summed E-state index contributed by atoms with van der Waals surface area (Å²) in [6.07, 6.45) is 4.64. The predicted molar refractivity (Wildman–Crippen MR) is 104 cm³/mol. The highest BCUT2D eigenvalue weighted by molar-refractivity contribution is 6.14. The van der Waals surface area contributed by atoms with Gasteiger partial charge in [-0.05, 0) is 46.8 Å². The minimum atomic E-state index is -0.316. The van der Waals surface area contributed by atoms with Crippen LogP contribution in [0.1, 0.15) is 10.4 Å². The Bertz CT molecular complexity index is 1150. The Balaban J connectivity index is 1.77. The molecule has 6 heteroatoms. The number of halogens is 1. The molecule has 0 saturated heterocycles. The van der Waals surface area contributed by atoms with E-state index < -0.39 is 0 Å². The molecular formula is C21H15FN4O. The number of nitrogens with two attached hydrogens (primary N) is 1. The van der Waals surface area contributed by atoms with Crippen molar-refractivity contribution in [3.8, 4) is 11.1 Å². The number of fused-ring (bicyclic) bond motifs is 1. The summed E-state index contributed by atoms with van der Waals surface area (Å²) in [5, 5.41) is 4.10. The normalized spacial score (nSPS) is 10.7. The molecule has 5 nitrogen and oxygen atoms in total. The Morgan fingerprint density at radius 2 is 1.81 bits per heavy atom. The van der Waals surface area contributed by atoms with E-state index in [2.05, 4.69) is 15.3 Å². The smallest absolute Gasteiger partial charge is 0.257 e. The Morgan fingerprint density at radius 3 is 2.59 bits per heavy atom. The number of nitrogens with one attached hydrogen (secondary N) is 1. The van der Waals surface area contributed by atoms with Gasteiger partial charge in [-0.25, -0.2) is 9.37 Å². The molecule has 0 unspecified atom stereocenters. The Kier molecular flexibility index (Phi) is 4.22. The van der Waals surface area contributed by atoms with E-state index in [-0.39, 0.29) is 11.7 Å². The second-order valence-electron chi connectivity index (χ2n) is 6.02. The number of pyridine rings is 2. The number of rotatable bonds is 3. The number of amides is 1. The molecule has 1 amide bonds. The molecule has 0 saturated carbocycles. The lowest BCUT2D eigenvalue weighted by molar-refractivity contribution is 0.102. The number of hydrogen-bond donors (Lipinski definition) is 2. The second-order valence-corrected chi connectivity index (χ2v) is 6.02. The van der Waals surface area contributed by atoms with Crippen LogP contribution in [-0.4, -0.2) is 15.9 Å². The maximum absolute atomic E-state index is 13.5. The van der Waals surface area contributed by atoms with Crippen molar-refractivity contribution in [2.24, 2.45) is 0 Å². The van der Waals surface area contributed by atoms with Gasteiger partial charge < -0.3 is 11.1 Å². The first kappa shape index (κ1) is 16.7. The Morgan fingerprint density at radius 1 is 0.963 bits per heavy atom. The van der Waals surface area contributed by atoms with Crippen LogP contribution in [0, 0.1) is 5.82 Å². The molecule has 0 bridgehead atoms. The number of aromatic nitrogens is 2. The molecule has 132 valence electrons. The molecule has 27 heavy (non-hydrogen) atoms. The van der Waals surface area contributed by atoms with E-state index >= 15 is 0 Å². The van der Waals surface area contributed by atoms with Crippen molar-refractivity contribution in [3.05, 3.63) is 84.6 Å². The van der Waals surface area contributed by atoms with Gasteiger partial charge in [0.25, 0.3) is 5.91 Å². The molecule has 2 aromatic heterocycles. The molecule has 0 aliphatic carbocycles. The van der Waals surface area contributed by atoms with Crippen LogP contribution in [0.25, 0.3) is 21.9 Å². The largest absolute Gasteiger partial charge is 0.383 e. The first-order chi connectivity index (χ1) is 13.1. The van der Waals surface area contributed by atoms with Gasteiger partial charge >= 0.3 is 0 Å². The molecule has 0 aliphatic heterocycles. The number of nitrogens with zero attached hydrogens (tertiary/aromatic N) is 2. The number of anilines is 2. The lowest BCUT2D eigenvalue weighted by Crippen LogP contribution is -2.13. The quantitative estimate of drug-likeness (QED) is 0.573. The summed E-state index contributed by atoms with van der Waals surface area (Å²) in [6.45, 7) is 0. The fraction of sp³-hybridized carbons (Fsp3) is 0. The van der Waals surface area contributed by atoms with Gasteiger partial charge in [0, 0.05) is 17.8 Å². The SMILES string of the molecule is Nc1ncc(C(=O)Nc2cccnc2)c2ccc(-c3cccc(F)c3)cc12. The van der Waals surface area contributed by atoms with Crippen LogP contribution in [0.5, 0.6) is 0 Å². The third-order valence-electron chi connectivity index (χ3n) is 4.24. The predicted octanol–water partition coefficient (Wildman–Crippen LogP) is 4.27. The summed E-state index contributed by atoms with van der Waals surface area (Å²) >= 11 is 0. The standard InChI is InChI=1S/C21H15FN4O/c22-15-4-1-3-13(9-15)14-6-7-17-18(10-14)20(23)25-12-19(17)21(27)26-16-5-2-8-24-11-16/h1-12H,(H2,23,25)(H,26,27). The fourth-order valence-electron chi connectivity index (χ4n) is 2.93. The first-order valence-corrected chi connectivity index (χ1v) is 8.27. The van der Waals surface area contributed by atoms with Crippen molar-refractivity contribution >= 4 is 28.2 Å². The van der Waals surface area contributed by atoms with Gasteiger partial charge in [-0.1, -0.05) is 24.3 Å². The lowest BCUT2D eigenvalue weighted by Gasteiger charge is -2.11. The monoisotopic (exact) mass is 358 g/mol. The van der Waals surface area contributed by atoms with Crippen molar-refractivity contribution in [2.45, 2.75) is 0 Å². The van der Waals surface area contributed by atoms with Crippen LogP contribution in [0.15, 0.2) is 73.2 Å². The molecule has 0 fully saturated rings.